The van der Waals surface area contributed by atoms with Crippen LogP contribution in [-0.2, 0) is 21.4 Å². The zero-order chi connectivity index (χ0) is 23.9. The van der Waals surface area contributed by atoms with E-state index in [0.29, 0.717) is 31.1 Å². The van der Waals surface area contributed by atoms with Crippen LogP contribution in [0.2, 0.25) is 0 Å². The lowest BCUT2D eigenvalue weighted by Crippen LogP contribution is -2.41. The maximum atomic E-state index is 13.0. The molecule has 1 aliphatic heterocycles. The number of amides is 1. The predicted octanol–water partition coefficient (Wildman–Crippen LogP) is 3.48. The van der Waals surface area contributed by atoms with Crippen molar-refractivity contribution >= 4 is 55.7 Å². The van der Waals surface area contributed by atoms with E-state index in [2.05, 4.69) is 9.71 Å². The average molecular weight is 513 g/mol. The van der Waals surface area contributed by atoms with Crippen molar-refractivity contribution < 1.29 is 17.9 Å². The second-order valence-electron chi connectivity index (χ2n) is 8.35. The highest BCUT2D eigenvalue weighted by molar-refractivity contribution is 7.89. The van der Waals surface area contributed by atoms with Gasteiger partial charge >= 0.3 is 0 Å². The van der Waals surface area contributed by atoms with Gasteiger partial charge in [0.15, 0.2) is 0 Å². The van der Waals surface area contributed by atoms with Crippen LogP contribution in [-0.4, -0.2) is 43.9 Å². The van der Waals surface area contributed by atoms with E-state index in [1.807, 2.05) is 36.4 Å². The van der Waals surface area contributed by atoms with Crippen LogP contribution in [0, 0.1) is 0 Å². The molecule has 1 atom stereocenters. The minimum Gasteiger partial charge on any atom is -0.497 e. The third-order valence-electron chi connectivity index (χ3n) is 6.16. The zero-order valence-electron chi connectivity index (χ0n) is 19.0. The summed E-state index contributed by atoms with van der Waals surface area (Å²) in [5.74, 6) is 0.832. The van der Waals surface area contributed by atoms with Gasteiger partial charge in [0.25, 0.3) is 0 Å². The van der Waals surface area contributed by atoms with Gasteiger partial charge in [0.1, 0.15) is 17.6 Å². The first-order valence-corrected chi connectivity index (χ1v) is 12.3. The van der Waals surface area contributed by atoms with Crippen molar-refractivity contribution in [1.82, 2.24) is 14.6 Å². The van der Waals surface area contributed by atoms with Crippen molar-refractivity contribution in [3.63, 3.8) is 0 Å². The fraction of sp³-hybridized carbons (Fsp3) is 0.200. The van der Waals surface area contributed by atoms with Crippen LogP contribution in [0.4, 0.5) is 5.82 Å². The minimum atomic E-state index is -3.88. The van der Waals surface area contributed by atoms with E-state index in [-0.39, 0.29) is 23.2 Å². The molecule has 5 rings (SSSR count). The second-order valence-corrected chi connectivity index (χ2v) is 10.1. The predicted molar refractivity (Wildman–Crippen MR) is 138 cm³/mol. The summed E-state index contributed by atoms with van der Waals surface area (Å²) in [6.45, 7) is 0.832. The molecule has 0 spiro atoms. The van der Waals surface area contributed by atoms with E-state index in [9.17, 15) is 13.2 Å². The van der Waals surface area contributed by atoms with Crippen LogP contribution in [0.5, 0.6) is 5.75 Å². The van der Waals surface area contributed by atoms with E-state index in [1.165, 1.54) is 0 Å². The summed E-state index contributed by atoms with van der Waals surface area (Å²) >= 11 is 0. The lowest BCUT2D eigenvalue weighted by Gasteiger charge is -2.18. The Morgan fingerprint density at radius 1 is 1.06 bits per heavy atom. The van der Waals surface area contributed by atoms with Crippen molar-refractivity contribution in [2.45, 2.75) is 23.9 Å². The molecule has 8 nitrogen and oxygen atoms in total. The number of hydrogen-bond acceptors (Lipinski definition) is 6. The van der Waals surface area contributed by atoms with E-state index in [0.717, 1.165) is 27.1 Å². The van der Waals surface area contributed by atoms with Crippen LogP contribution in [0.15, 0.2) is 71.8 Å². The fourth-order valence-electron chi connectivity index (χ4n) is 4.31. The lowest BCUT2D eigenvalue weighted by molar-refractivity contribution is -0.129. The molecular weight excluding hydrogens is 488 g/mol. The highest BCUT2D eigenvalue weighted by Gasteiger charge is 2.35. The lowest BCUT2D eigenvalue weighted by atomic mass is 10.1. The number of sulfonamides is 1. The highest BCUT2D eigenvalue weighted by atomic mass is 35.5. The number of hydrogen-bond donors (Lipinski definition) is 2. The van der Waals surface area contributed by atoms with Crippen molar-refractivity contribution in [1.29, 1.82) is 0 Å². The summed E-state index contributed by atoms with van der Waals surface area (Å²) < 4.78 is 33.9. The molecular formula is C25H25ClN4O4S. The average Bonchev–Trinajstić information content (AvgIpc) is 3.17. The number of benzene rings is 3. The number of anilines is 1. The first-order valence-electron chi connectivity index (χ1n) is 10.9. The number of carbonyl (C=O) groups excluding carboxylic acids is 1. The largest absolute Gasteiger partial charge is 0.497 e. The third-order valence-corrected chi connectivity index (χ3v) is 7.63. The number of fused-ring (bicyclic) bond motifs is 2. The van der Waals surface area contributed by atoms with Crippen molar-refractivity contribution in [3.8, 4) is 5.75 Å². The molecule has 2 heterocycles. The molecule has 1 aromatic heterocycles. The van der Waals surface area contributed by atoms with Gasteiger partial charge in [-0.3, -0.25) is 4.79 Å². The number of ether oxygens (including phenoxy) is 1. The number of likely N-dealkylation sites (tertiary alicyclic amines) is 1. The topological polar surface area (TPSA) is 115 Å². The molecule has 1 aliphatic rings. The van der Waals surface area contributed by atoms with E-state index in [4.69, 9.17) is 10.5 Å². The molecule has 1 saturated heterocycles. The Morgan fingerprint density at radius 3 is 2.63 bits per heavy atom. The maximum absolute atomic E-state index is 13.0. The van der Waals surface area contributed by atoms with Gasteiger partial charge in [-0.15, -0.1) is 12.4 Å². The molecule has 0 unspecified atom stereocenters. The minimum absolute atomic E-state index is 0. The Labute approximate surface area is 209 Å². The van der Waals surface area contributed by atoms with Crippen LogP contribution in [0.1, 0.15) is 12.0 Å². The number of nitrogens with one attached hydrogen (secondary N) is 1. The van der Waals surface area contributed by atoms with E-state index < -0.39 is 16.1 Å². The second kappa shape index (κ2) is 9.69. The molecule has 0 saturated carbocycles. The number of nitrogens with zero attached hydrogens (tertiary/aromatic N) is 2. The molecule has 0 bridgehead atoms. The zero-order valence-corrected chi connectivity index (χ0v) is 20.6. The molecule has 35 heavy (non-hydrogen) atoms. The van der Waals surface area contributed by atoms with Gasteiger partial charge in [0.05, 0.1) is 12.0 Å². The summed E-state index contributed by atoms with van der Waals surface area (Å²) in [6, 6.07) is 17.2. The number of pyridine rings is 1. The number of rotatable bonds is 6. The van der Waals surface area contributed by atoms with Gasteiger partial charge in [0.2, 0.25) is 15.9 Å². The Kier molecular flexibility index (Phi) is 6.84. The molecule has 3 N–H and O–H groups in total. The summed E-state index contributed by atoms with van der Waals surface area (Å²) in [4.78, 5) is 18.9. The van der Waals surface area contributed by atoms with Crippen LogP contribution in [0.3, 0.4) is 0 Å². The summed E-state index contributed by atoms with van der Waals surface area (Å²) in [7, 11) is -2.32. The third kappa shape index (κ3) is 4.88. The van der Waals surface area contributed by atoms with E-state index >= 15 is 0 Å². The number of halogens is 1. The number of carbonyl (C=O) groups is 1. The number of methoxy groups -OCH3 is 1. The van der Waals surface area contributed by atoms with E-state index in [1.54, 1.807) is 42.5 Å². The Morgan fingerprint density at radius 2 is 1.83 bits per heavy atom. The van der Waals surface area contributed by atoms with Gasteiger partial charge in [-0.2, -0.15) is 4.72 Å². The molecule has 182 valence electrons. The van der Waals surface area contributed by atoms with Gasteiger partial charge in [-0.1, -0.05) is 24.3 Å². The van der Waals surface area contributed by atoms with Crippen molar-refractivity contribution in [2.75, 3.05) is 19.4 Å². The summed E-state index contributed by atoms with van der Waals surface area (Å²) in [6.07, 6.45) is 2.06. The first kappa shape index (κ1) is 24.7. The van der Waals surface area contributed by atoms with Crippen LogP contribution in [0.25, 0.3) is 21.5 Å². The number of aromatic nitrogens is 1. The number of nitrogen functional groups attached to an aromatic ring is 1. The van der Waals surface area contributed by atoms with Crippen molar-refractivity contribution in [3.05, 3.63) is 72.4 Å². The Hall–Kier alpha value is -3.40. The smallest absolute Gasteiger partial charge is 0.241 e. The Balaban J connectivity index is 0.00000289. The summed E-state index contributed by atoms with van der Waals surface area (Å²) in [5.41, 5.74) is 6.89. The standard InChI is InChI=1S/C25H24N4O4S.ClH/c1-33-20-6-4-17-5-7-21(14-19(17)13-20)34(31,32)28-23-9-11-29(25(23)30)15-16-2-3-18-8-10-27-24(26)22(18)12-16;/h2-8,10,12-14,23,28H,9,11,15H2,1H3,(H2,26,27);1H/t23-;/m0./s1. The van der Waals surface area contributed by atoms with Gasteiger partial charge < -0.3 is 15.4 Å². The molecule has 1 amide bonds. The van der Waals surface area contributed by atoms with Crippen LogP contribution < -0.4 is 15.2 Å². The highest BCUT2D eigenvalue weighted by Crippen LogP contribution is 2.26. The molecule has 1 fully saturated rings. The SMILES string of the molecule is COc1ccc2ccc(S(=O)(=O)N[C@H]3CCN(Cc4ccc5ccnc(N)c5c4)C3=O)cc2c1.Cl. The monoisotopic (exact) mass is 512 g/mol. The molecule has 0 aliphatic carbocycles. The van der Waals surface area contributed by atoms with Crippen molar-refractivity contribution in [2.24, 2.45) is 0 Å². The normalized spacial score (nSPS) is 16.0. The Bertz CT molecular complexity index is 1530. The maximum Gasteiger partial charge on any atom is 0.241 e. The quantitative estimate of drug-likeness (QED) is 0.409. The number of nitrogens with two attached hydrogens (primary N) is 1. The summed E-state index contributed by atoms with van der Waals surface area (Å²) in [5, 5.41) is 3.44. The van der Waals surface area contributed by atoms with Crippen LogP contribution >= 0.6 is 12.4 Å². The molecule has 10 heteroatoms. The fourth-order valence-corrected chi connectivity index (χ4v) is 5.57. The molecule has 0 radical (unpaired) electrons. The first-order chi connectivity index (χ1) is 16.3. The molecule has 4 aromatic rings. The molecule has 3 aromatic carbocycles. The van der Waals surface area contributed by atoms with Gasteiger partial charge in [-0.05, 0) is 64.5 Å². The van der Waals surface area contributed by atoms with Gasteiger partial charge in [0, 0.05) is 24.7 Å². The van der Waals surface area contributed by atoms with Gasteiger partial charge in [-0.25, -0.2) is 13.4 Å².